The number of nitrogens with one attached hydrogen (secondary N) is 2. The van der Waals surface area contributed by atoms with E-state index in [2.05, 4.69) is 10.0 Å². The molecule has 2 N–H and O–H groups in total. The largest absolute Gasteiger partial charge is 0.372 e. The summed E-state index contributed by atoms with van der Waals surface area (Å²) in [7, 11) is -3.71. The van der Waals surface area contributed by atoms with E-state index in [1.165, 1.54) is 30.3 Å². The number of carbonyl (C=O) groups is 1. The molecule has 2 unspecified atom stereocenters. The molecule has 178 valence electrons. The van der Waals surface area contributed by atoms with Gasteiger partial charge in [0.05, 0.1) is 22.8 Å². The molecule has 0 aromatic heterocycles. The zero-order chi connectivity index (χ0) is 23.6. The molecule has 1 saturated heterocycles. The van der Waals surface area contributed by atoms with Crippen molar-refractivity contribution < 1.29 is 22.3 Å². The van der Waals surface area contributed by atoms with Crippen molar-refractivity contribution in [3.05, 3.63) is 53.8 Å². The Bertz CT molecular complexity index is 1110. The van der Waals surface area contributed by atoms with E-state index in [1.807, 2.05) is 18.7 Å². The molecule has 7 nitrogen and oxygen atoms in total. The van der Waals surface area contributed by atoms with Gasteiger partial charge in [-0.25, -0.2) is 17.5 Å². The van der Waals surface area contributed by atoms with Gasteiger partial charge in [0.2, 0.25) is 10.0 Å². The van der Waals surface area contributed by atoms with E-state index in [0.717, 1.165) is 25.7 Å². The summed E-state index contributed by atoms with van der Waals surface area (Å²) in [6, 6.07) is 10.4. The van der Waals surface area contributed by atoms with Gasteiger partial charge < -0.3 is 15.0 Å². The van der Waals surface area contributed by atoms with Crippen molar-refractivity contribution in [3.8, 4) is 0 Å². The first-order chi connectivity index (χ1) is 15.7. The van der Waals surface area contributed by atoms with E-state index < -0.39 is 21.7 Å². The third-order valence-corrected chi connectivity index (χ3v) is 7.57. The number of hydrogen-bond acceptors (Lipinski definition) is 5. The zero-order valence-corrected chi connectivity index (χ0v) is 19.7. The second kappa shape index (κ2) is 9.79. The van der Waals surface area contributed by atoms with Crippen LogP contribution in [0.25, 0.3) is 0 Å². The molecule has 33 heavy (non-hydrogen) atoms. The van der Waals surface area contributed by atoms with Crippen molar-refractivity contribution in [2.45, 2.75) is 62.7 Å². The lowest BCUT2D eigenvalue weighted by atomic mass is 10.1. The number of sulfonamides is 1. The first-order valence-electron chi connectivity index (χ1n) is 11.3. The second-order valence-electron chi connectivity index (χ2n) is 8.91. The molecule has 2 aromatic carbocycles. The highest BCUT2D eigenvalue weighted by Gasteiger charge is 2.25. The van der Waals surface area contributed by atoms with Gasteiger partial charge in [-0.15, -0.1) is 0 Å². The number of ether oxygens (including phenoxy) is 1. The van der Waals surface area contributed by atoms with Gasteiger partial charge in [0.1, 0.15) is 5.82 Å². The normalized spacial score (nSPS) is 21.8. The lowest BCUT2D eigenvalue weighted by molar-refractivity contribution is -0.00539. The highest BCUT2D eigenvalue weighted by molar-refractivity contribution is 7.89. The van der Waals surface area contributed by atoms with Crippen LogP contribution in [0.15, 0.2) is 47.4 Å². The summed E-state index contributed by atoms with van der Waals surface area (Å²) in [6.45, 7) is 5.08. The van der Waals surface area contributed by atoms with Crippen molar-refractivity contribution in [3.63, 3.8) is 0 Å². The van der Waals surface area contributed by atoms with Crippen molar-refractivity contribution in [1.82, 2.24) is 4.72 Å². The van der Waals surface area contributed by atoms with E-state index in [-0.39, 0.29) is 28.7 Å². The summed E-state index contributed by atoms with van der Waals surface area (Å²) in [5.74, 6) is -0.945. The average molecular weight is 476 g/mol. The van der Waals surface area contributed by atoms with E-state index in [0.29, 0.717) is 24.5 Å². The van der Waals surface area contributed by atoms with Gasteiger partial charge in [-0.05, 0) is 63.1 Å². The maximum atomic E-state index is 14.8. The van der Waals surface area contributed by atoms with Crippen molar-refractivity contribution in [2.24, 2.45) is 0 Å². The van der Waals surface area contributed by atoms with E-state index in [1.54, 1.807) is 12.1 Å². The number of halogens is 1. The standard InChI is InChI=1S/C24H30FN3O4S/c1-16-14-28(15-17(2)32-16)23-11-10-20(13-22(23)25)26-24(29)18-6-5-9-21(12-18)33(30,31)27-19-7-3-4-8-19/h5-6,9-13,16-17,19,27H,3-4,7-8,14-15H2,1-2H3,(H,26,29). The first-order valence-corrected chi connectivity index (χ1v) is 12.8. The average Bonchev–Trinajstić information content (AvgIpc) is 3.25. The van der Waals surface area contributed by atoms with Crippen LogP contribution in [0.5, 0.6) is 0 Å². The van der Waals surface area contributed by atoms with Crippen molar-refractivity contribution in [2.75, 3.05) is 23.3 Å². The Balaban J connectivity index is 1.46. The summed E-state index contributed by atoms with van der Waals surface area (Å²) < 4.78 is 48.6. The molecule has 1 saturated carbocycles. The Labute approximate surface area is 194 Å². The minimum absolute atomic E-state index is 0.000701. The predicted octanol–water partition coefficient (Wildman–Crippen LogP) is 3.91. The number of amides is 1. The maximum absolute atomic E-state index is 14.8. The molecule has 1 aliphatic heterocycles. The Morgan fingerprint density at radius 2 is 1.76 bits per heavy atom. The van der Waals surface area contributed by atoms with Gasteiger partial charge in [-0.1, -0.05) is 18.9 Å². The highest BCUT2D eigenvalue weighted by atomic mass is 32.2. The van der Waals surface area contributed by atoms with Gasteiger partial charge in [0.25, 0.3) is 5.91 Å². The fourth-order valence-corrected chi connectivity index (χ4v) is 5.91. The number of morpholine rings is 1. The molecular formula is C24H30FN3O4S. The topological polar surface area (TPSA) is 87.7 Å². The summed E-state index contributed by atoms with van der Waals surface area (Å²) in [5, 5.41) is 2.66. The Morgan fingerprint density at radius 1 is 1.06 bits per heavy atom. The number of rotatable bonds is 6. The molecule has 2 atom stereocenters. The molecule has 1 amide bonds. The van der Waals surface area contributed by atoms with Crippen molar-refractivity contribution >= 4 is 27.3 Å². The van der Waals surface area contributed by atoms with Crippen LogP contribution >= 0.6 is 0 Å². The fraction of sp³-hybridized carbons (Fsp3) is 0.458. The summed E-state index contributed by atoms with van der Waals surface area (Å²) in [4.78, 5) is 14.7. The van der Waals surface area contributed by atoms with Gasteiger partial charge in [0, 0.05) is 30.4 Å². The van der Waals surface area contributed by atoms with Crippen LogP contribution < -0.4 is 14.9 Å². The third-order valence-electron chi connectivity index (χ3n) is 6.05. The number of nitrogens with zero attached hydrogens (tertiary/aromatic N) is 1. The quantitative estimate of drug-likeness (QED) is 0.661. The predicted molar refractivity (Wildman–Crippen MR) is 126 cm³/mol. The molecule has 0 radical (unpaired) electrons. The maximum Gasteiger partial charge on any atom is 0.255 e. The van der Waals surface area contributed by atoms with Gasteiger partial charge in [0.15, 0.2) is 0 Å². The molecule has 4 rings (SSSR count). The van der Waals surface area contributed by atoms with E-state index in [4.69, 9.17) is 4.74 Å². The van der Waals surface area contributed by atoms with Gasteiger partial charge >= 0.3 is 0 Å². The molecule has 9 heteroatoms. The Hall–Kier alpha value is -2.49. The summed E-state index contributed by atoms with van der Waals surface area (Å²) in [5.41, 5.74) is 0.943. The van der Waals surface area contributed by atoms with Gasteiger partial charge in [-0.2, -0.15) is 0 Å². The SMILES string of the molecule is CC1CN(c2ccc(NC(=O)c3cccc(S(=O)(=O)NC4CCCC4)c3)cc2F)CC(C)O1. The lowest BCUT2D eigenvalue weighted by Gasteiger charge is -2.37. The van der Waals surface area contributed by atoms with Crippen LogP contribution in [0.4, 0.5) is 15.8 Å². The molecule has 2 aliphatic rings. The molecule has 0 spiro atoms. The molecule has 2 aromatic rings. The summed E-state index contributed by atoms with van der Waals surface area (Å²) in [6.07, 6.45) is 3.66. The van der Waals surface area contributed by atoms with Crippen LogP contribution in [0.3, 0.4) is 0 Å². The highest BCUT2D eigenvalue weighted by Crippen LogP contribution is 2.27. The zero-order valence-electron chi connectivity index (χ0n) is 18.9. The molecule has 1 heterocycles. The second-order valence-corrected chi connectivity index (χ2v) is 10.6. The van der Waals surface area contributed by atoms with Crippen LogP contribution in [0.2, 0.25) is 0 Å². The third kappa shape index (κ3) is 5.72. The monoisotopic (exact) mass is 475 g/mol. The number of carbonyl (C=O) groups excluding carboxylic acids is 1. The van der Waals surface area contributed by atoms with E-state index in [9.17, 15) is 17.6 Å². The lowest BCUT2D eigenvalue weighted by Crippen LogP contribution is -2.45. The summed E-state index contributed by atoms with van der Waals surface area (Å²) >= 11 is 0. The van der Waals surface area contributed by atoms with Crippen LogP contribution in [-0.2, 0) is 14.8 Å². The molecular weight excluding hydrogens is 445 g/mol. The Morgan fingerprint density at radius 3 is 2.42 bits per heavy atom. The fourth-order valence-electron chi connectivity index (χ4n) is 4.55. The number of anilines is 2. The molecule has 2 fully saturated rings. The smallest absolute Gasteiger partial charge is 0.255 e. The molecule has 1 aliphatic carbocycles. The van der Waals surface area contributed by atoms with Gasteiger partial charge in [-0.3, -0.25) is 4.79 Å². The minimum atomic E-state index is -3.71. The minimum Gasteiger partial charge on any atom is -0.372 e. The molecule has 0 bridgehead atoms. The van der Waals surface area contributed by atoms with Crippen LogP contribution in [-0.4, -0.2) is 45.7 Å². The number of benzene rings is 2. The van der Waals surface area contributed by atoms with E-state index >= 15 is 0 Å². The first kappa shape index (κ1) is 23.7. The van der Waals surface area contributed by atoms with Crippen LogP contribution in [0, 0.1) is 5.82 Å². The van der Waals surface area contributed by atoms with Crippen LogP contribution in [0.1, 0.15) is 49.9 Å². The number of hydrogen-bond donors (Lipinski definition) is 2. The Kier molecular flexibility index (Phi) is 7.02. The van der Waals surface area contributed by atoms with Crippen molar-refractivity contribution in [1.29, 1.82) is 0 Å².